The van der Waals surface area contributed by atoms with E-state index in [9.17, 15) is 14.7 Å². The van der Waals surface area contributed by atoms with E-state index in [1.54, 1.807) is 24.3 Å². The zero-order valence-electron chi connectivity index (χ0n) is 9.44. The molecule has 1 aromatic carbocycles. The number of benzene rings is 1. The van der Waals surface area contributed by atoms with Crippen LogP contribution in [0.4, 0.5) is 0 Å². The van der Waals surface area contributed by atoms with Crippen molar-refractivity contribution in [2.24, 2.45) is 0 Å². The molecule has 1 rings (SSSR count). The summed E-state index contributed by atoms with van der Waals surface area (Å²) in [7, 11) is 0. The van der Waals surface area contributed by atoms with E-state index in [0.717, 1.165) is 0 Å². The van der Waals surface area contributed by atoms with Gasteiger partial charge in [0.05, 0.1) is 12.5 Å². The van der Waals surface area contributed by atoms with Crippen LogP contribution in [0.1, 0.15) is 25.0 Å². The molecule has 0 aliphatic heterocycles. The van der Waals surface area contributed by atoms with Gasteiger partial charge in [-0.25, -0.2) is 0 Å². The van der Waals surface area contributed by atoms with Crippen LogP contribution in [-0.4, -0.2) is 23.3 Å². The Morgan fingerprint density at radius 3 is 2.47 bits per heavy atom. The van der Waals surface area contributed by atoms with Gasteiger partial charge in [-0.1, -0.05) is 23.7 Å². The summed E-state index contributed by atoms with van der Waals surface area (Å²) >= 11 is 5.71. The Bertz CT molecular complexity index is 403. The van der Waals surface area contributed by atoms with Crippen molar-refractivity contribution in [2.75, 3.05) is 6.54 Å². The fraction of sp³-hybridized carbons (Fsp3) is 0.333. The number of halogens is 1. The summed E-state index contributed by atoms with van der Waals surface area (Å²) < 4.78 is 0. The molecule has 0 spiro atoms. The Morgan fingerprint density at radius 2 is 1.94 bits per heavy atom. The first kappa shape index (κ1) is 13.7. The van der Waals surface area contributed by atoms with Crippen LogP contribution in [0.25, 0.3) is 0 Å². The van der Waals surface area contributed by atoms with Gasteiger partial charge in [0.2, 0.25) is 5.91 Å². The lowest BCUT2D eigenvalue weighted by atomic mass is 10.1. The first-order valence-electron chi connectivity index (χ1n) is 5.18. The number of hydrogen-bond donors (Lipinski definition) is 2. The molecule has 17 heavy (non-hydrogen) atoms. The van der Waals surface area contributed by atoms with Gasteiger partial charge in [0.25, 0.3) is 0 Å². The lowest BCUT2D eigenvalue weighted by Gasteiger charge is -2.11. The number of nitrogens with one attached hydrogen (secondary N) is 1. The van der Waals surface area contributed by atoms with E-state index < -0.39 is 6.10 Å². The highest BCUT2D eigenvalue weighted by atomic mass is 35.5. The lowest BCUT2D eigenvalue weighted by Crippen LogP contribution is -2.29. The van der Waals surface area contributed by atoms with Crippen LogP contribution in [0.5, 0.6) is 0 Å². The first-order valence-corrected chi connectivity index (χ1v) is 5.56. The van der Waals surface area contributed by atoms with Crippen molar-refractivity contribution < 1.29 is 14.7 Å². The molecular weight excluding hydrogens is 242 g/mol. The summed E-state index contributed by atoms with van der Waals surface area (Å²) in [5, 5.41) is 12.8. The third kappa shape index (κ3) is 4.97. The molecule has 2 N–H and O–H groups in total. The third-order valence-electron chi connectivity index (χ3n) is 2.16. The SMILES string of the molecule is CC(=O)CC(=O)NCC(O)c1ccc(Cl)cc1. The van der Waals surface area contributed by atoms with Gasteiger partial charge >= 0.3 is 0 Å². The minimum absolute atomic E-state index is 0.0771. The summed E-state index contributed by atoms with van der Waals surface area (Å²) in [6.45, 7) is 1.42. The van der Waals surface area contributed by atoms with Crippen LogP contribution < -0.4 is 5.32 Å². The normalized spacial score (nSPS) is 11.9. The number of carbonyl (C=O) groups excluding carboxylic acids is 2. The lowest BCUT2D eigenvalue weighted by molar-refractivity contribution is -0.127. The minimum Gasteiger partial charge on any atom is -0.387 e. The quantitative estimate of drug-likeness (QED) is 0.783. The topological polar surface area (TPSA) is 66.4 Å². The van der Waals surface area contributed by atoms with E-state index in [1.165, 1.54) is 6.92 Å². The molecule has 0 aromatic heterocycles. The average Bonchev–Trinajstić information content (AvgIpc) is 2.26. The first-order chi connectivity index (χ1) is 7.99. The highest BCUT2D eigenvalue weighted by Gasteiger charge is 2.10. The number of hydrogen-bond acceptors (Lipinski definition) is 3. The van der Waals surface area contributed by atoms with Gasteiger partial charge in [0, 0.05) is 11.6 Å². The Hall–Kier alpha value is -1.39. The average molecular weight is 256 g/mol. The predicted octanol–water partition coefficient (Wildman–Crippen LogP) is 1.47. The maximum atomic E-state index is 11.2. The molecule has 4 nitrogen and oxygen atoms in total. The number of ketones is 1. The van der Waals surface area contributed by atoms with Crippen LogP contribution in [0.2, 0.25) is 5.02 Å². The standard InChI is InChI=1S/C12H14ClNO3/c1-8(15)6-12(17)14-7-11(16)9-2-4-10(13)5-3-9/h2-5,11,16H,6-7H2,1H3,(H,14,17). The number of aliphatic hydroxyl groups excluding tert-OH is 1. The van der Waals surface area contributed by atoms with E-state index in [2.05, 4.69) is 5.32 Å². The predicted molar refractivity (Wildman–Crippen MR) is 64.7 cm³/mol. The summed E-state index contributed by atoms with van der Waals surface area (Å²) in [5.74, 6) is -0.589. The van der Waals surface area contributed by atoms with Gasteiger partial charge in [0.15, 0.2) is 0 Å². The van der Waals surface area contributed by atoms with Gasteiger partial charge in [-0.05, 0) is 24.6 Å². The second kappa shape index (κ2) is 6.37. The molecule has 0 heterocycles. The van der Waals surface area contributed by atoms with Crippen LogP contribution in [0.15, 0.2) is 24.3 Å². The molecule has 0 saturated heterocycles. The van der Waals surface area contributed by atoms with Crippen molar-refractivity contribution in [2.45, 2.75) is 19.4 Å². The van der Waals surface area contributed by atoms with Crippen molar-refractivity contribution in [1.29, 1.82) is 0 Å². The van der Waals surface area contributed by atoms with Crippen LogP contribution >= 0.6 is 11.6 Å². The number of rotatable bonds is 5. The molecule has 0 saturated carbocycles. The number of Topliss-reactive ketones (excluding diaryl/α,β-unsaturated/α-hetero) is 1. The molecule has 1 unspecified atom stereocenters. The molecule has 92 valence electrons. The van der Waals surface area contributed by atoms with Crippen LogP contribution in [0.3, 0.4) is 0 Å². The molecule has 0 aliphatic carbocycles. The third-order valence-corrected chi connectivity index (χ3v) is 2.41. The van der Waals surface area contributed by atoms with Crippen LogP contribution in [0, 0.1) is 0 Å². The van der Waals surface area contributed by atoms with E-state index in [1.807, 2.05) is 0 Å². The molecule has 1 amide bonds. The number of carbonyl (C=O) groups is 2. The number of amides is 1. The van der Waals surface area contributed by atoms with Gasteiger partial charge < -0.3 is 10.4 Å². The zero-order chi connectivity index (χ0) is 12.8. The maximum absolute atomic E-state index is 11.2. The Kier molecular flexibility index (Phi) is 5.12. The Labute approximate surface area is 105 Å². The van der Waals surface area contributed by atoms with E-state index >= 15 is 0 Å². The highest BCUT2D eigenvalue weighted by Crippen LogP contribution is 2.15. The molecule has 5 heteroatoms. The molecule has 1 atom stereocenters. The molecule has 0 bridgehead atoms. The van der Waals surface area contributed by atoms with Crippen molar-refractivity contribution in [3.05, 3.63) is 34.9 Å². The fourth-order valence-corrected chi connectivity index (χ4v) is 1.43. The van der Waals surface area contributed by atoms with E-state index in [4.69, 9.17) is 11.6 Å². The van der Waals surface area contributed by atoms with Crippen molar-refractivity contribution >= 4 is 23.3 Å². The van der Waals surface area contributed by atoms with E-state index in [0.29, 0.717) is 10.6 Å². The second-order valence-electron chi connectivity index (χ2n) is 3.75. The van der Waals surface area contributed by atoms with Crippen molar-refractivity contribution in [1.82, 2.24) is 5.32 Å². The second-order valence-corrected chi connectivity index (χ2v) is 4.19. The fourth-order valence-electron chi connectivity index (χ4n) is 1.30. The monoisotopic (exact) mass is 255 g/mol. The Balaban J connectivity index is 2.44. The molecule has 0 aliphatic rings. The molecule has 1 aromatic rings. The highest BCUT2D eigenvalue weighted by molar-refractivity contribution is 6.30. The summed E-state index contributed by atoms with van der Waals surface area (Å²) in [6.07, 6.45) is -0.962. The molecule has 0 fully saturated rings. The molecular formula is C12H14ClNO3. The van der Waals surface area contributed by atoms with Gasteiger partial charge in [0.1, 0.15) is 5.78 Å². The van der Waals surface area contributed by atoms with Crippen molar-refractivity contribution in [3.63, 3.8) is 0 Å². The minimum atomic E-state index is -0.803. The van der Waals surface area contributed by atoms with Gasteiger partial charge in [-0.3, -0.25) is 9.59 Å². The van der Waals surface area contributed by atoms with Crippen molar-refractivity contribution in [3.8, 4) is 0 Å². The zero-order valence-corrected chi connectivity index (χ0v) is 10.2. The van der Waals surface area contributed by atoms with Crippen LogP contribution in [-0.2, 0) is 9.59 Å². The maximum Gasteiger partial charge on any atom is 0.227 e. The smallest absolute Gasteiger partial charge is 0.227 e. The summed E-state index contributed by atoms with van der Waals surface area (Å²) in [5.41, 5.74) is 0.664. The molecule has 0 radical (unpaired) electrons. The largest absolute Gasteiger partial charge is 0.387 e. The summed E-state index contributed by atoms with van der Waals surface area (Å²) in [6, 6.07) is 6.70. The Morgan fingerprint density at radius 1 is 1.35 bits per heavy atom. The summed E-state index contributed by atoms with van der Waals surface area (Å²) in [4.78, 5) is 21.8. The van der Waals surface area contributed by atoms with E-state index in [-0.39, 0.29) is 24.7 Å². The van der Waals surface area contributed by atoms with Gasteiger partial charge in [-0.15, -0.1) is 0 Å². The van der Waals surface area contributed by atoms with Gasteiger partial charge in [-0.2, -0.15) is 0 Å². The number of aliphatic hydroxyl groups is 1.